The Hall–Kier alpha value is -1.26. The molecule has 0 spiro atoms. The number of amides is 2. The van der Waals surface area contributed by atoms with Gasteiger partial charge in [-0.05, 0) is 50.4 Å². The second-order valence-corrected chi connectivity index (χ2v) is 6.52. The minimum absolute atomic E-state index is 0.112. The maximum Gasteiger partial charge on any atom is 0.323 e. The van der Waals surface area contributed by atoms with Gasteiger partial charge in [-0.25, -0.2) is 4.79 Å². The van der Waals surface area contributed by atoms with Gasteiger partial charge in [-0.2, -0.15) is 0 Å². The van der Waals surface area contributed by atoms with E-state index in [4.69, 9.17) is 5.11 Å². The second kappa shape index (κ2) is 6.46. The lowest BCUT2D eigenvalue weighted by Gasteiger charge is -2.36. The highest BCUT2D eigenvalue weighted by atomic mass is 16.4. The number of aliphatic carboxylic acids is 1. The molecule has 0 saturated heterocycles. The zero-order valence-corrected chi connectivity index (χ0v) is 12.5. The molecule has 0 aromatic rings. The van der Waals surface area contributed by atoms with Crippen LogP contribution < -0.4 is 0 Å². The Kier molecular flexibility index (Phi) is 4.89. The molecule has 2 amide bonds. The van der Waals surface area contributed by atoms with Crippen LogP contribution in [-0.2, 0) is 4.79 Å². The second-order valence-electron chi connectivity index (χ2n) is 6.52. The van der Waals surface area contributed by atoms with E-state index in [9.17, 15) is 9.59 Å². The van der Waals surface area contributed by atoms with Gasteiger partial charge in [0, 0.05) is 19.6 Å². The fourth-order valence-corrected chi connectivity index (χ4v) is 2.99. The third kappa shape index (κ3) is 4.12. The van der Waals surface area contributed by atoms with Crippen molar-refractivity contribution in [1.82, 2.24) is 9.80 Å². The van der Waals surface area contributed by atoms with Gasteiger partial charge in [-0.1, -0.05) is 6.92 Å². The summed E-state index contributed by atoms with van der Waals surface area (Å²) in [7, 11) is 1.82. The summed E-state index contributed by atoms with van der Waals surface area (Å²) < 4.78 is 0. The molecule has 0 radical (unpaired) electrons. The number of carboxylic acid groups (broad SMARTS) is 1. The van der Waals surface area contributed by atoms with E-state index in [1.54, 1.807) is 4.90 Å². The van der Waals surface area contributed by atoms with Gasteiger partial charge in [0.1, 0.15) is 6.54 Å². The summed E-state index contributed by atoms with van der Waals surface area (Å²) >= 11 is 0. The van der Waals surface area contributed by atoms with Crippen molar-refractivity contribution >= 4 is 12.0 Å². The Labute approximate surface area is 120 Å². The molecule has 0 aliphatic heterocycles. The van der Waals surface area contributed by atoms with Gasteiger partial charge in [0.05, 0.1) is 0 Å². The SMILES string of the molecule is CC1CCC(N(C)C(=O)N(CC(=O)O)CC2CC2)CC1. The maximum absolute atomic E-state index is 12.5. The predicted molar refractivity (Wildman–Crippen MR) is 76.5 cm³/mol. The van der Waals surface area contributed by atoms with Crippen molar-refractivity contribution < 1.29 is 14.7 Å². The molecule has 0 heterocycles. The molecule has 1 N–H and O–H groups in total. The van der Waals surface area contributed by atoms with E-state index in [1.807, 2.05) is 7.05 Å². The van der Waals surface area contributed by atoms with Crippen molar-refractivity contribution in [2.75, 3.05) is 20.1 Å². The molecular weight excluding hydrogens is 256 g/mol. The number of carbonyl (C=O) groups is 2. The molecule has 20 heavy (non-hydrogen) atoms. The van der Waals surface area contributed by atoms with E-state index in [-0.39, 0.29) is 18.6 Å². The van der Waals surface area contributed by atoms with Gasteiger partial charge in [0.15, 0.2) is 0 Å². The fraction of sp³-hybridized carbons (Fsp3) is 0.867. The molecule has 2 aliphatic carbocycles. The number of nitrogens with zero attached hydrogens (tertiary/aromatic N) is 2. The van der Waals surface area contributed by atoms with Crippen molar-refractivity contribution in [3.05, 3.63) is 0 Å². The minimum Gasteiger partial charge on any atom is -0.480 e. The molecule has 2 aliphatic rings. The molecule has 0 bridgehead atoms. The quantitative estimate of drug-likeness (QED) is 0.842. The fourth-order valence-electron chi connectivity index (χ4n) is 2.99. The van der Waals surface area contributed by atoms with Crippen LogP contribution in [0, 0.1) is 11.8 Å². The van der Waals surface area contributed by atoms with E-state index in [2.05, 4.69) is 6.92 Å². The highest BCUT2D eigenvalue weighted by Gasteiger charge is 2.32. The summed E-state index contributed by atoms with van der Waals surface area (Å²) in [5.41, 5.74) is 0. The van der Waals surface area contributed by atoms with E-state index in [0.717, 1.165) is 44.4 Å². The van der Waals surface area contributed by atoms with E-state index < -0.39 is 5.97 Å². The maximum atomic E-state index is 12.5. The number of hydrogen-bond donors (Lipinski definition) is 1. The Morgan fingerprint density at radius 1 is 1.10 bits per heavy atom. The highest BCUT2D eigenvalue weighted by molar-refractivity contribution is 5.80. The molecule has 0 aromatic carbocycles. The molecule has 5 heteroatoms. The summed E-state index contributed by atoms with van der Waals surface area (Å²) in [6.45, 7) is 2.67. The molecule has 2 rings (SSSR count). The molecule has 0 atom stereocenters. The standard InChI is InChI=1S/C15H26N2O3/c1-11-3-7-13(8-4-11)16(2)15(20)17(10-14(18)19)9-12-5-6-12/h11-13H,3-10H2,1-2H3,(H,18,19). The van der Waals surface area contributed by atoms with Crippen molar-refractivity contribution in [2.24, 2.45) is 11.8 Å². The van der Waals surface area contributed by atoms with Crippen LogP contribution in [0.2, 0.25) is 0 Å². The molecule has 0 unspecified atom stereocenters. The van der Waals surface area contributed by atoms with Crippen LogP contribution in [0.25, 0.3) is 0 Å². The lowest BCUT2D eigenvalue weighted by atomic mass is 9.87. The minimum atomic E-state index is -0.926. The lowest BCUT2D eigenvalue weighted by molar-refractivity contribution is -0.137. The van der Waals surface area contributed by atoms with Gasteiger partial charge < -0.3 is 14.9 Å². The summed E-state index contributed by atoms with van der Waals surface area (Å²) in [5, 5.41) is 8.98. The number of carbonyl (C=O) groups excluding carboxylic acids is 1. The van der Waals surface area contributed by atoms with Crippen LogP contribution in [0.3, 0.4) is 0 Å². The van der Waals surface area contributed by atoms with Gasteiger partial charge in [-0.3, -0.25) is 4.79 Å². The number of rotatable bonds is 5. The number of carboxylic acids is 1. The van der Waals surface area contributed by atoms with Gasteiger partial charge >= 0.3 is 12.0 Å². The smallest absolute Gasteiger partial charge is 0.323 e. The van der Waals surface area contributed by atoms with Crippen LogP contribution >= 0.6 is 0 Å². The van der Waals surface area contributed by atoms with Crippen LogP contribution in [0.1, 0.15) is 45.4 Å². The first-order chi connectivity index (χ1) is 9.47. The molecule has 2 fully saturated rings. The van der Waals surface area contributed by atoms with Crippen molar-refractivity contribution in [2.45, 2.75) is 51.5 Å². The number of urea groups is 1. The zero-order valence-electron chi connectivity index (χ0n) is 12.5. The van der Waals surface area contributed by atoms with Crippen LogP contribution in [0.4, 0.5) is 4.79 Å². The topological polar surface area (TPSA) is 60.9 Å². The Morgan fingerprint density at radius 3 is 2.20 bits per heavy atom. The van der Waals surface area contributed by atoms with Crippen LogP contribution in [-0.4, -0.2) is 53.1 Å². The molecule has 2 saturated carbocycles. The van der Waals surface area contributed by atoms with Crippen LogP contribution in [0.5, 0.6) is 0 Å². The molecule has 5 nitrogen and oxygen atoms in total. The Bertz CT molecular complexity index is 360. The first-order valence-corrected chi connectivity index (χ1v) is 7.71. The Balaban J connectivity index is 1.92. The molecule has 0 aromatic heterocycles. The van der Waals surface area contributed by atoms with Gasteiger partial charge in [0.2, 0.25) is 0 Å². The highest BCUT2D eigenvalue weighted by Crippen LogP contribution is 2.31. The first-order valence-electron chi connectivity index (χ1n) is 7.71. The summed E-state index contributed by atoms with van der Waals surface area (Å²) in [4.78, 5) is 26.7. The van der Waals surface area contributed by atoms with Gasteiger partial charge in [-0.15, -0.1) is 0 Å². The predicted octanol–water partition coefficient (Wildman–Crippen LogP) is 2.41. The third-order valence-corrected chi connectivity index (χ3v) is 4.61. The van der Waals surface area contributed by atoms with Crippen molar-refractivity contribution in [3.63, 3.8) is 0 Å². The summed E-state index contributed by atoms with van der Waals surface area (Å²) in [6, 6.07) is 0.160. The van der Waals surface area contributed by atoms with E-state index in [1.165, 1.54) is 4.90 Å². The van der Waals surface area contributed by atoms with Crippen molar-refractivity contribution in [1.29, 1.82) is 0 Å². The average Bonchev–Trinajstić information content (AvgIpc) is 3.20. The monoisotopic (exact) mass is 282 g/mol. The first kappa shape index (κ1) is 15.1. The third-order valence-electron chi connectivity index (χ3n) is 4.61. The van der Waals surface area contributed by atoms with E-state index >= 15 is 0 Å². The Morgan fingerprint density at radius 2 is 1.70 bits per heavy atom. The number of hydrogen-bond acceptors (Lipinski definition) is 2. The van der Waals surface area contributed by atoms with Crippen molar-refractivity contribution in [3.8, 4) is 0 Å². The summed E-state index contributed by atoms with van der Waals surface area (Å²) in [6.07, 6.45) is 6.62. The van der Waals surface area contributed by atoms with Gasteiger partial charge in [0.25, 0.3) is 0 Å². The summed E-state index contributed by atoms with van der Waals surface area (Å²) in [5.74, 6) is 0.332. The average molecular weight is 282 g/mol. The lowest BCUT2D eigenvalue weighted by Crippen LogP contribution is -2.49. The largest absolute Gasteiger partial charge is 0.480 e. The molecular formula is C15H26N2O3. The van der Waals surface area contributed by atoms with E-state index in [0.29, 0.717) is 12.5 Å². The van der Waals surface area contributed by atoms with Crippen LogP contribution in [0.15, 0.2) is 0 Å². The zero-order chi connectivity index (χ0) is 14.7. The normalized spacial score (nSPS) is 26.1. The molecule has 114 valence electrons.